The summed E-state index contributed by atoms with van der Waals surface area (Å²) in [5.74, 6) is 1.30. The van der Waals surface area contributed by atoms with Gasteiger partial charge in [0.25, 0.3) is 0 Å². The van der Waals surface area contributed by atoms with Crippen LogP contribution in [0, 0.1) is 0 Å². The van der Waals surface area contributed by atoms with E-state index in [1.807, 2.05) is 12.1 Å². The van der Waals surface area contributed by atoms with Gasteiger partial charge in [0.2, 0.25) is 0 Å². The van der Waals surface area contributed by atoms with Crippen molar-refractivity contribution >= 4 is 28.2 Å². The first-order chi connectivity index (χ1) is 12.3. The van der Waals surface area contributed by atoms with Gasteiger partial charge in [-0.3, -0.25) is 5.10 Å². The molecule has 4 rings (SSSR count). The lowest BCUT2D eigenvalue weighted by atomic mass is 10.2. The number of morpholine rings is 1. The molecular formula is C17H20N6O2. The molecule has 1 saturated heterocycles. The largest absolute Gasteiger partial charge is 0.378 e. The molecule has 1 fully saturated rings. The molecule has 0 unspecified atom stereocenters. The van der Waals surface area contributed by atoms with E-state index < -0.39 is 0 Å². The van der Waals surface area contributed by atoms with Gasteiger partial charge in [-0.05, 0) is 24.3 Å². The smallest absolute Gasteiger partial charge is 0.160 e. The Balaban J connectivity index is 1.57. The maximum atomic E-state index is 5.40. The number of ether oxygens (including phenoxy) is 2. The third-order valence-electron chi connectivity index (χ3n) is 4.13. The van der Waals surface area contributed by atoms with Gasteiger partial charge in [-0.1, -0.05) is 0 Å². The predicted molar refractivity (Wildman–Crippen MR) is 95.2 cm³/mol. The molecule has 3 heterocycles. The summed E-state index contributed by atoms with van der Waals surface area (Å²) in [6, 6.07) is 8.31. The molecule has 8 heteroatoms. The number of aromatic amines is 1. The zero-order valence-corrected chi connectivity index (χ0v) is 14.0. The average molecular weight is 340 g/mol. The molecule has 0 radical (unpaired) electrons. The maximum Gasteiger partial charge on any atom is 0.160 e. The van der Waals surface area contributed by atoms with Crippen LogP contribution < -0.4 is 10.2 Å². The van der Waals surface area contributed by atoms with Crippen LogP contribution in [0.2, 0.25) is 0 Å². The Hall–Kier alpha value is -2.71. The van der Waals surface area contributed by atoms with E-state index in [-0.39, 0.29) is 0 Å². The number of benzene rings is 1. The quantitative estimate of drug-likeness (QED) is 0.735. The van der Waals surface area contributed by atoms with Gasteiger partial charge in [-0.2, -0.15) is 5.10 Å². The Morgan fingerprint density at radius 3 is 2.76 bits per heavy atom. The number of hydrogen-bond acceptors (Lipinski definition) is 7. The summed E-state index contributed by atoms with van der Waals surface area (Å²) < 4.78 is 10.5. The molecule has 0 amide bonds. The second-order valence-corrected chi connectivity index (χ2v) is 5.82. The van der Waals surface area contributed by atoms with Gasteiger partial charge in [-0.25, -0.2) is 9.97 Å². The Kier molecular flexibility index (Phi) is 4.45. The normalized spacial score (nSPS) is 14.8. The molecule has 1 aromatic carbocycles. The molecule has 2 aromatic heterocycles. The van der Waals surface area contributed by atoms with Crippen LogP contribution in [-0.2, 0) is 16.1 Å². The highest BCUT2D eigenvalue weighted by atomic mass is 16.5. The van der Waals surface area contributed by atoms with Gasteiger partial charge in [0.1, 0.15) is 17.6 Å². The van der Waals surface area contributed by atoms with Crippen molar-refractivity contribution < 1.29 is 9.47 Å². The Labute approximate surface area is 145 Å². The molecule has 0 spiro atoms. The minimum atomic E-state index is 0.353. The Morgan fingerprint density at radius 1 is 1.20 bits per heavy atom. The summed E-state index contributed by atoms with van der Waals surface area (Å²) in [4.78, 5) is 11.3. The minimum Gasteiger partial charge on any atom is -0.378 e. The van der Waals surface area contributed by atoms with Gasteiger partial charge in [0.05, 0.1) is 19.4 Å². The third-order valence-corrected chi connectivity index (χ3v) is 4.13. The van der Waals surface area contributed by atoms with Crippen molar-refractivity contribution in [3.8, 4) is 0 Å². The number of hydrogen-bond donors (Lipinski definition) is 2. The fraction of sp³-hybridized carbons (Fsp3) is 0.353. The van der Waals surface area contributed by atoms with Crippen LogP contribution in [0.5, 0.6) is 0 Å². The van der Waals surface area contributed by atoms with Crippen LogP contribution in [0.15, 0.2) is 30.5 Å². The Morgan fingerprint density at radius 2 is 2.00 bits per heavy atom. The van der Waals surface area contributed by atoms with Crippen molar-refractivity contribution in [2.45, 2.75) is 6.61 Å². The molecule has 0 saturated carbocycles. The first-order valence-corrected chi connectivity index (χ1v) is 8.22. The lowest BCUT2D eigenvalue weighted by Crippen LogP contribution is -2.36. The van der Waals surface area contributed by atoms with Gasteiger partial charge in [0, 0.05) is 31.6 Å². The number of nitrogens with one attached hydrogen (secondary N) is 2. The van der Waals surface area contributed by atoms with Gasteiger partial charge >= 0.3 is 0 Å². The van der Waals surface area contributed by atoms with Crippen molar-refractivity contribution in [3.05, 3.63) is 36.3 Å². The zero-order chi connectivity index (χ0) is 17.1. The molecule has 25 heavy (non-hydrogen) atoms. The number of anilines is 3. The molecule has 0 atom stereocenters. The van der Waals surface area contributed by atoms with E-state index in [0.717, 1.165) is 43.0 Å². The standard InChI is InChI=1S/C17H20N6O2/c1-24-11-15-20-14-10-18-22-16(14)17(21-15)19-12-2-4-13(5-3-12)23-6-8-25-9-7-23/h2-5,10H,6-9,11H2,1H3,(H,18,22)(H,19,20,21). The monoisotopic (exact) mass is 340 g/mol. The van der Waals surface area contributed by atoms with E-state index in [2.05, 4.69) is 42.5 Å². The van der Waals surface area contributed by atoms with Crippen LogP contribution in [-0.4, -0.2) is 53.6 Å². The number of methoxy groups -OCH3 is 1. The summed E-state index contributed by atoms with van der Waals surface area (Å²) in [7, 11) is 1.63. The topological polar surface area (TPSA) is 88.2 Å². The van der Waals surface area contributed by atoms with Crippen LogP contribution in [0.25, 0.3) is 11.0 Å². The molecule has 2 N–H and O–H groups in total. The molecule has 3 aromatic rings. The summed E-state index contributed by atoms with van der Waals surface area (Å²) in [5, 5.41) is 10.3. The van der Waals surface area contributed by atoms with Crippen LogP contribution in [0.1, 0.15) is 5.82 Å². The van der Waals surface area contributed by atoms with Crippen molar-refractivity contribution in [2.24, 2.45) is 0 Å². The van der Waals surface area contributed by atoms with Crippen molar-refractivity contribution in [2.75, 3.05) is 43.6 Å². The summed E-state index contributed by atoms with van der Waals surface area (Å²) in [6.07, 6.45) is 1.68. The average Bonchev–Trinajstić information content (AvgIpc) is 3.12. The molecule has 1 aliphatic rings. The summed E-state index contributed by atoms with van der Waals surface area (Å²) in [5.41, 5.74) is 3.69. The highest BCUT2D eigenvalue weighted by Gasteiger charge is 2.12. The SMILES string of the molecule is COCc1nc(Nc2ccc(N3CCOCC3)cc2)c2[nH]ncc2n1. The first-order valence-electron chi connectivity index (χ1n) is 8.22. The molecule has 8 nitrogen and oxygen atoms in total. The highest BCUT2D eigenvalue weighted by Crippen LogP contribution is 2.24. The second kappa shape index (κ2) is 7.04. The van der Waals surface area contributed by atoms with Crippen molar-refractivity contribution in [1.29, 1.82) is 0 Å². The van der Waals surface area contributed by atoms with Gasteiger partial charge < -0.3 is 19.7 Å². The van der Waals surface area contributed by atoms with E-state index in [4.69, 9.17) is 9.47 Å². The maximum absolute atomic E-state index is 5.40. The summed E-state index contributed by atoms with van der Waals surface area (Å²) >= 11 is 0. The number of nitrogens with zero attached hydrogens (tertiary/aromatic N) is 4. The Bertz CT molecular complexity index is 842. The number of H-pyrrole nitrogens is 1. The number of fused-ring (bicyclic) bond motifs is 1. The molecular weight excluding hydrogens is 320 g/mol. The number of aromatic nitrogens is 4. The van der Waals surface area contributed by atoms with Crippen LogP contribution >= 0.6 is 0 Å². The van der Waals surface area contributed by atoms with Gasteiger partial charge in [0.15, 0.2) is 11.6 Å². The first kappa shape index (κ1) is 15.8. The van der Waals surface area contributed by atoms with E-state index in [1.165, 1.54) is 5.69 Å². The van der Waals surface area contributed by atoms with Crippen LogP contribution in [0.3, 0.4) is 0 Å². The van der Waals surface area contributed by atoms with E-state index in [1.54, 1.807) is 13.3 Å². The molecule has 130 valence electrons. The van der Waals surface area contributed by atoms with Crippen molar-refractivity contribution in [1.82, 2.24) is 20.2 Å². The molecule has 0 bridgehead atoms. The fourth-order valence-electron chi connectivity index (χ4n) is 2.89. The molecule has 0 aliphatic carbocycles. The lowest BCUT2D eigenvalue weighted by Gasteiger charge is -2.28. The van der Waals surface area contributed by atoms with E-state index >= 15 is 0 Å². The molecule has 1 aliphatic heterocycles. The summed E-state index contributed by atoms with van der Waals surface area (Å²) in [6.45, 7) is 3.76. The predicted octanol–water partition coefficient (Wildman–Crippen LogP) is 2.08. The van der Waals surface area contributed by atoms with Gasteiger partial charge in [-0.15, -0.1) is 0 Å². The minimum absolute atomic E-state index is 0.353. The lowest BCUT2D eigenvalue weighted by molar-refractivity contribution is 0.122. The second-order valence-electron chi connectivity index (χ2n) is 5.82. The van der Waals surface area contributed by atoms with Crippen LogP contribution in [0.4, 0.5) is 17.2 Å². The number of rotatable bonds is 5. The van der Waals surface area contributed by atoms with Crippen molar-refractivity contribution in [3.63, 3.8) is 0 Å². The zero-order valence-electron chi connectivity index (χ0n) is 14.0. The fourth-order valence-corrected chi connectivity index (χ4v) is 2.89. The van der Waals surface area contributed by atoms with E-state index in [9.17, 15) is 0 Å². The van der Waals surface area contributed by atoms with E-state index in [0.29, 0.717) is 18.2 Å². The third kappa shape index (κ3) is 3.40. The highest BCUT2D eigenvalue weighted by molar-refractivity contribution is 5.86.